The predicted molar refractivity (Wildman–Crippen MR) is 105 cm³/mol. The summed E-state index contributed by atoms with van der Waals surface area (Å²) in [4.78, 5) is 12.7. The van der Waals surface area contributed by atoms with E-state index in [0.29, 0.717) is 22.3 Å². The van der Waals surface area contributed by atoms with Crippen molar-refractivity contribution in [3.8, 4) is 0 Å². The normalized spacial score (nSPS) is 11.8. The topological polar surface area (TPSA) is 41.1 Å². The van der Waals surface area contributed by atoms with Gasteiger partial charge in [0.25, 0.3) is 0 Å². The number of rotatable bonds is 8. The number of halogens is 3. The minimum Gasteiger partial charge on any atom is -0.368 e. The van der Waals surface area contributed by atoms with Crippen LogP contribution < -0.4 is 10.6 Å². The number of carbonyl (C=O) groups excluding carboxylic acids is 1. The highest BCUT2D eigenvalue weighted by molar-refractivity contribution is 9.09. The number of carbonyl (C=O) groups is 1. The summed E-state index contributed by atoms with van der Waals surface area (Å²) in [5, 5.41) is 8.05. The lowest BCUT2D eigenvalue weighted by molar-refractivity contribution is -0.121. The highest BCUT2D eigenvalue weighted by Gasteiger charge is 2.22. The van der Waals surface area contributed by atoms with Crippen LogP contribution in [0, 0.1) is 0 Å². The van der Waals surface area contributed by atoms with E-state index in [-0.39, 0.29) is 5.91 Å². The van der Waals surface area contributed by atoms with Gasteiger partial charge in [-0.05, 0) is 30.5 Å². The maximum Gasteiger partial charge on any atom is 0.247 e. The van der Waals surface area contributed by atoms with Crippen LogP contribution in [-0.2, 0) is 4.79 Å². The first-order chi connectivity index (χ1) is 11.6. The fourth-order valence-electron chi connectivity index (χ4n) is 2.26. The smallest absolute Gasteiger partial charge is 0.247 e. The molecule has 0 heterocycles. The Hall–Kier alpha value is -1.23. The van der Waals surface area contributed by atoms with Gasteiger partial charge in [0.2, 0.25) is 5.91 Å². The van der Waals surface area contributed by atoms with E-state index in [1.165, 1.54) is 0 Å². The van der Waals surface area contributed by atoms with Crippen LogP contribution in [0.5, 0.6) is 0 Å². The van der Waals surface area contributed by atoms with Crippen LogP contribution >= 0.6 is 39.1 Å². The number of amides is 1. The highest BCUT2D eigenvalue weighted by atomic mass is 79.9. The van der Waals surface area contributed by atoms with Gasteiger partial charge in [0.05, 0.1) is 15.7 Å². The summed E-state index contributed by atoms with van der Waals surface area (Å²) in [5.74, 6) is -0.105. The molecule has 0 aliphatic carbocycles. The fraction of sp³-hybridized carbons (Fsp3) is 0.278. The van der Waals surface area contributed by atoms with Crippen LogP contribution in [0.2, 0.25) is 10.0 Å². The quantitative estimate of drug-likeness (QED) is 0.433. The van der Waals surface area contributed by atoms with Crippen molar-refractivity contribution in [3.63, 3.8) is 0 Å². The van der Waals surface area contributed by atoms with Gasteiger partial charge in [0.15, 0.2) is 0 Å². The maximum absolute atomic E-state index is 12.7. The average Bonchev–Trinajstić information content (AvgIpc) is 2.59. The number of para-hydroxylation sites is 1. The second-order valence-corrected chi connectivity index (χ2v) is 6.88. The van der Waals surface area contributed by atoms with Crippen molar-refractivity contribution in [1.82, 2.24) is 5.32 Å². The maximum atomic E-state index is 12.7. The number of hydrogen-bond donors (Lipinski definition) is 2. The van der Waals surface area contributed by atoms with Gasteiger partial charge in [-0.2, -0.15) is 0 Å². The average molecular weight is 430 g/mol. The van der Waals surface area contributed by atoms with Crippen molar-refractivity contribution >= 4 is 50.7 Å². The summed E-state index contributed by atoms with van der Waals surface area (Å²) in [6.07, 6.45) is 1.94. The minimum absolute atomic E-state index is 0.105. The van der Waals surface area contributed by atoms with Gasteiger partial charge in [-0.1, -0.05) is 75.5 Å². The Kier molecular flexibility index (Phi) is 7.89. The Labute approximate surface area is 160 Å². The Morgan fingerprint density at radius 3 is 2.29 bits per heavy atom. The third kappa shape index (κ3) is 5.40. The van der Waals surface area contributed by atoms with E-state index in [1.807, 2.05) is 30.3 Å². The van der Waals surface area contributed by atoms with Crippen molar-refractivity contribution < 1.29 is 4.79 Å². The van der Waals surface area contributed by atoms with Crippen molar-refractivity contribution in [3.05, 3.63) is 64.1 Å². The lowest BCUT2D eigenvalue weighted by Gasteiger charge is -2.21. The lowest BCUT2D eigenvalue weighted by Crippen LogP contribution is -2.34. The SMILES string of the molecule is O=C(NCCCCBr)C(Nc1c(Cl)cccc1Cl)c1ccccc1. The van der Waals surface area contributed by atoms with Crippen LogP contribution in [0.25, 0.3) is 0 Å². The van der Waals surface area contributed by atoms with Gasteiger partial charge in [-0.15, -0.1) is 0 Å². The monoisotopic (exact) mass is 428 g/mol. The molecular formula is C18H19BrCl2N2O. The Morgan fingerprint density at radius 2 is 1.67 bits per heavy atom. The zero-order valence-corrected chi connectivity index (χ0v) is 16.2. The van der Waals surface area contributed by atoms with Gasteiger partial charge >= 0.3 is 0 Å². The summed E-state index contributed by atoms with van der Waals surface area (Å²) in [6, 6.07) is 14.2. The Bertz CT molecular complexity index is 647. The number of nitrogens with one attached hydrogen (secondary N) is 2. The first kappa shape index (κ1) is 19.1. The molecule has 2 N–H and O–H groups in total. The molecule has 24 heavy (non-hydrogen) atoms. The van der Waals surface area contributed by atoms with E-state index in [4.69, 9.17) is 23.2 Å². The molecule has 0 aromatic heterocycles. The van der Waals surface area contributed by atoms with Crippen molar-refractivity contribution in [2.24, 2.45) is 0 Å². The van der Waals surface area contributed by atoms with Gasteiger partial charge in [0, 0.05) is 11.9 Å². The molecule has 2 rings (SSSR count). The number of benzene rings is 2. The van der Waals surface area contributed by atoms with Crippen molar-refractivity contribution in [1.29, 1.82) is 0 Å². The summed E-state index contributed by atoms with van der Waals surface area (Å²) < 4.78 is 0. The number of unbranched alkanes of at least 4 members (excludes halogenated alkanes) is 1. The second kappa shape index (κ2) is 9.92. The molecule has 1 amide bonds. The van der Waals surface area contributed by atoms with E-state index in [9.17, 15) is 4.79 Å². The fourth-order valence-corrected chi connectivity index (χ4v) is 3.16. The van der Waals surface area contributed by atoms with E-state index < -0.39 is 6.04 Å². The van der Waals surface area contributed by atoms with Crippen LogP contribution in [0.4, 0.5) is 5.69 Å². The molecule has 2 aromatic carbocycles. The molecule has 6 heteroatoms. The first-order valence-corrected chi connectivity index (χ1v) is 9.60. The van der Waals surface area contributed by atoms with E-state index >= 15 is 0 Å². The minimum atomic E-state index is -0.562. The standard InChI is InChI=1S/C18H19BrCl2N2O/c19-11-4-5-12-22-18(24)16(13-7-2-1-3-8-13)23-17-14(20)9-6-10-15(17)21/h1-3,6-10,16,23H,4-5,11-12H2,(H,22,24). The zero-order chi connectivity index (χ0) is 17.4. The molecule has 0 saturated carbocycles. The molecule has 0 radical (unpaired) electrons. The van der Waals surface area contributed by atoms with Gasteiger partial charge in [-0.25, -0.2) is 0 Å². The van der Waals surface area contributed by atoms with Gasteiger partial charge in [-0.3, -0.25) is 4.79 Å². The molecule has 1 atom stereocenters. The van der Waals surface area contributed by atoms with Gasteiger partial charge in [0.1, 0.15) is 6.04 Å². The van der Waals surface area contributed by atoms with Crippen LogP contribution in [0.3, 0.4) is 0 Å². The largest absolute Gasteiger partial charge is 0.368 e. The zero-order valence-electron chi connectivity index (χ0n) is 13.1. The molecule has 128 valence electrons. The summed E-state index contributed by atoms with van der Waals surface area (Å²) in [5.41, 5.74) is 1.41. The summed E-state index contributed by atoms with van der Waals surface area (Å²) in [7, 11) is 0. The summed E-state index contributed by atoms with van der Waals surface area (Å²) in [6.45, 7) is 0.631. The van der Waals surface area contributed by atoms with Gasteiger partial charge < -0.3 is 10.6 Å². The third-order valence-electron chi connectivity index (χ3n) is 3.51. The molecule has 0 spiro atoms. The predicted octanol–water partition coefficient (Wildman–Crippen LogP) is 5.44. The number of hydrogen-bond acceptors (Lipinski definition) is 2. The Balaban J connectivity index is 2.19. The van der Waals surface area contributed by atoms with E-state index in [2.05, 4.69) is 26.6 Å². The van der Waals surface area contributed by atoms with Crippen LogP contribution in [0.15, 0.2) is 48.5 Å². The molecule has 0 saturated heterocycles. The third-order valence-corrected chi connectivity index (χ3v) is 4.70. The second-order valence-electron chi connectivity index (χ2n) is 5.27. The molecule has 0 aliphatic heterocycles. The van der Waals surface area contributed by atoms with Crippen molar-refractivity contribution in [2.75, 3.05) is 17.2 Å². The molecule has 1 unspecified atom stereocenters. The molecule has 0 fully saturated rings. The summed E-state index contributed by atoms with van der Waals surface area (Å²) >= 11 is 15.8. The molecule has 0 aliphatic rings. The van der Waals surface area contributed by atoms with E-state index in [1.54, 1.807) is 18.2 Å². The van der Waals surface area contributed by atoms with E-state index in [0.717, 1.165) is 23.7 Å². The Morgan fingerprint density at radius 1 is 1.00 bits per heavy atom. The molecule has 3 nitrogen and oxygen atoms in total. The molecule has 0 bridgehead atoms. The lowest BCUT2D eigenvalue weighted by atomic mass is 10.1. The highest BCUT2D eigenvalue weighted by Crippen LogP contribution is 2.33. The van der Waals surface area contributed by atoms with Crippen molar-refractivity contribution in [2.45, 2.75) is 18.9 Å². The number of alkyl halides is 1. The first-order valence-electron chi connectivity index (χ1n) is 7.72. The van der Waals surface area contributed by atoms with Crippen LogP contribution in [0.1, 0.15) is 24.4 Å². The van der Waals surface area contributed by atoms with Crippen LogP contribution in [-0.4, -0.2) is 17.8 Å². The molecule has 2 aromatic rings. The number of anilines is 1. The molecular weight excluding hydrogens is 411 g/mol.